The van der Waals surface area contributed by atoms with Crippen LogP contribution in [0.2, 0.25) is 5.02 Å². The van der Waals surface area contributed by atoms with Gasteiger partial charge in [0.1, 0.15) is 17.7 Å². The predicted molar refractivity (Wildman–Crippen MR) is 93.0 cm³/mol. The number of imidazole rings is 1. The molecular formula is C19H16ClFN2O2. The second-order valence-electron chi connectivity index (χ2n) is 5.82. The Kier molecular flexibility index (Phi) is 4.19. The van der Waals surface area contributed by atoms with Gasteiger partial charge in [0.2, 0.25) is 0 Å². The number of hydrogen-bond acceptors (Lipinski definition) is 3. The Morgan fingerprint density at radius 1 is 1.24 bits per heavy atom. The fraction of sp³-hybridized carbons (Fsp3) is 0.211. The van der Waals surface area contributed by atoms with Gasteiger partial charge in [-0.3, -0.25) is 4.57 Å². The Hall–Kier alpha value is -2.37. The van der Waals surface area contributed by atoms with Crippen molar-refractivity contribution < 1.29 is 13.9 Å². The maximum atomic E-state index is 13.3. The number of aromatic nitrogens is 2. The minimum Gasteiger partial charge on any atom is -0.495 e. The Labute approximate surface area is 149 Å². The van der Waals surface area contributed by atoms with Crippen LogP contribution in [0.1, 0.15) is 23.1 Å². The molecule has 4 rings (SSSR count). The van der Waals surface area contributed by atoms with Crippen LogP contribution in [0, 0.1) is 5.82 Å². The molecule has 3 aromatic rings. The van der Waals surface area contributed by atoms with E-state index in [4.69, 9.17) is 21.1 Å². The Morgan fingerprint density at radius 3 is 2.80 bits per heavy atom. The van der Waals surface area contributed by atoms with Crippen LogP contribution in [-0.2, 0) is 11.2 Å². The van der Waals surface area contributed by atoms with Gasteiger partial charge in [0.25, 0.3) is 0 Å². The number of methoxy groups -OCH3 is 1. The molecule has 0 N–H and O–H groups in total. The molecule has 1 aromatic heterocycles. The van der Waals surface area contributed by atoms with Gasteiger partial charge in [-0.1, -0.05) is 17.7 Å². The van der Waals surface area contributed by atoms with Gasteiger partial charge in [-0.25, -0.2) is 9.37 Å². The van der Waals surface area contributed by atoms with E-state index in [1.54, 1.807) is 31.6 Å². The van der Waals surface area contributed by atoms with Gasteiger partial charge >= 0.3 is 0 Å². The molecule has 0 amide bonds. The highest BCUT2D eigenvalue weighted by molar-refractivity contribution is 6.32. The molecule has 0 spiro atoms. The fourth-order valence-corrected chi connectivity index (χ4v) is 3.31. The van der Waals surface area contributed by atoms with Crippen LogP contribution in [0.3, 0.4) is 0 Å². The maximum absolute atomic E-state index is 13.3. The smallest absolute Gasteiger partial charge is 0.137 e. The summed E-state index contributed by atoms with van der Waals surface area (Å²) in [6, 6.07) is 11.9. The molecule has 0 bridgehead atoms. The molecule has 1 aliphatic rings. The average Bonchev–Trinajstić information content (AvgIpc) is 3.07. The van der Waals surface area contributed by atoms with Crippen molar-refractivity contribution in [3.05, 3.63) is 76.6 Å². The highest BCUT2D eigenvalue weighted by Gasteiger charge is 2.28. The predicted octanol–water partition coefficient (Wildman–Crippen LogP) is 4.34. The van der Waals surface area contributed by atoms with E-state index in [-0.39, 0.29) is 11.9 Å². The largest absolute Gasteiger partial charge is 0.495 e. The lowest BCUT2D eigenvalue weighted by Gasteiger charge is -2.26. The summed E-state index contributed by atoms with van der Waals surface area (Å²) in [4.78, 5) is 4.52. The first-order chi connectivity index (χ1) is 12.2. The topological polar surface area (TPSA) is 36.3 Å². The lowest BCUT2D eigenvalue weighted by molar-refractivity contribution is 0.0648. The van der Waals surface area contributed by atoms with E-state index in [1.807, 2.05) is 16.7 Å². The highest BCUT2D eigenvalue weighted by atomic mass is 35.5. The minimum absolute atomic E-state index is 0.270. The van der Waals surface area contributed by atoms with Crippen LogP contribution < -0.4 is 4.74 Å². The average molecular weight is 359 g/mol. The summed E-state index contributed by atoms with van der Waals surface area (Å²) in [5, 5.41) is 0.550. The van der Waals surface area contributed by atoms with Gasteiger partial charge < -0.3 is 9.47 Å². The Bertz CT molecular complexity index is 908. The standard InChI is InChI=1S/C19H16ClFN2O2/c1-24-17-10-12(2-7-15(17)20)19-18-16(8-9-25-19)22-11-23(18)14-5-3-13(21)4-6-14/h2-7,10-11,19H,8-9H2,1H3. The second kappa shape index (κ2) is 6.50. The first-order valence-corrected chi connectivity index (χ1v) is 8.32. The number of nitrogens with zero attached hydrogens (tertiary/aromatic N) is 2. The van der Waals surface area contributed by atoms with Crippen molar-refractivity contribution in [2.75, 3.05) is 13.7 Å². The van der Waals surface area contributed by atoms with Gasteiger partial charge in [0, 0.05) is 12.1 Å². The maximum Gasteiger partial charge on any atom is 0.137 e. The molecule has 4 nitrogen and oxygen atoms in total. The van der Waals surface area contributed by atoms with E-state index in [1.165, 1.54) is 12.1 Å². The summed E-state index contributed by atoms with van der Waals surface area (Å²) >= 11 is 6.14. The van der Waals surface area contributed by atoms with Crippen molar-refractivity contribution in [1.29, 1.82) is 0 Å². The third kappa shape index (κ3) is 2.90. The summed E-state index contributed by atoms with van der Waals surface area (Å²) in [7, 11) is 1.58. The fourth-order valence-electron chi connectivity index (χ4n) is 3.12. The third-order valence-electron chi connectivity index (χ3n) is 4.34. The number of fused-ring (bicyclic) bond motifs is 1. The number of hydrogen-bond donors (Lipinski definition) is 0. The molecule has 25 heavy (non-hydrogen) atoms. The molecular weight excluding hydrogens is 343 g/mol. The molecule has 0 aliphatic carbocycles. The van der Waals surface area contributed by atoms with Crippen molar-refractivity contribution in [1.82, 2.24) is 9.55 Å². The van der Waals surface area contributed by atoms with E-state index in [0.29, 0.717) is 17.4 Å². The van der Waals surface area contributed by atoms with Crippen molar-refractivity contribution in [3.8, 4) is 11.4 Å². The highest BCUT2D eigenvalue weighted by Crippen LogP contribution is 2.37. The van der Waals surface area contributed by atoms with E-state index >= 15 is 0 Å². The number of ether oxygens (including phenoxy) is 2. The van der Waals surface area contributed by atoms with Crippen molar-refractivity contribution in [3.63, 3.8) is 0 Å². The molecule has 0 saturated carbocycles. The summed E-state index contributed by atoms with van der Waals surface area (Å²) in [6.07, 6.45) is 2.21. The third-order valence-corrected chi connectivity index (χ3v) is 4.65. The van der Waals surface area contributed by atoms with Gasteiger partial charge in [-0.05, 0) is 42.0 Å². The summed E-state index contributed by atoms with van der Waals surface area (Å²) in [6.45, 7) is 0.586. The number of rotatable bonds is 3. The molecule has 0 radical (unpaired) electrons. The van der Waals surface area contributed by atoms with Crippen LogP contribution in [0.5, 0.6) is 5.75 Å². The molecule has 0 saturated heterocycles. The first-order valence-electron chi connectivity index (χ1n) is 7.94. The molecule has 1 aliphatic heterocycles. The van der Waals surface area contributed by atoms with Crippen LogP contribution in [0.4, 0.5) is 4.39 Å². The van der Waals surface area contributed by atoms with Gasteiger partial charge in [0.05, 0.1) is 36.5 Å². The van der Waals surface area contributed by atoms with Crippen molar-refractivity contribution in [2.24, 2.45) is 0 Å². The summed E-state index contributed by atoms with van der Waals surface area (Å²) in [5.41, 5.74) is 3.70. The number of benzene rings is 2. The second-order valence-corrected chi connectivity index (χ2v) is 6.22. The zero-order chi connectivity index (χ0) is 17.4. The van der Waals surface area contributed by atoms with Crippen LogP contribution in [-0.4, -0.2) is 23.3 Å². The number of halogens is 2. The summed E-state index contributed by atoms with van der Waals surface area (Å²) in [5.74, 6) is 0.329. The van der Waals surface area contributed by atoms with Gasteiger partial charge in [-0.2, -0.15) is 0 Å². The van der Waals surface area contributed by atoms with Gasteiger partial charge in [-0.15, -0.1) is 0 Å². The zero-order valence-electron chi connectivity index (χ0n) is 13.6. The minimum atomic E-state index is -0.289. The quantitative estimate of drug-likeness (QED) is 0.699. The van der Waals surface area contributed by atoms with Crippen LogP contribution in [0.15, 0.2) is 48.8 Å². The molecule has 1 unspecified atom stereocenters. The van der Waals surface area contributed by atoms with E-state index in [9.17, 15) is 4.39 Å². The van der Waals surface area contributed by atoms with Crippen molar-refractivity contribution in [2.45, 2.75) is 12.5 Å². The lowest BCUT2D eigenvalue weighted by Crippen LogP contribution is -2.20. The molecule has 2 aromatic carbocycles. The SMILES string of the molecule is COc1cc(C2OCCc3ncn(-c4ccc(F)cc4)c32)ccc1Cl. The molecule has 0 fully saturated rings. The van der Waals surface area contributed by atoms with Crippen LogP contribution in [0.25, 0.3) is 5.69 Å². The molecule has 128 valence electrons. The normalized spacial score (nSPS) is 16.5. The van der Waals surface area contributed by atoms with E-state index in [2.05, 4.69) is 4.98 Å². The first kappa shape index (κ1) is 16.1. The molecule has 2 heterocycles. The molecule has 6 heteroatoms. The lowest BCUT2D eigenvalue weighted by atomic mass is 10.0. The van der Waals surface area contributed by atoms with Crippen LogP contribution >= 0.6 is 11.6 Å². The molecule has 1 atom stereocenters. The monoisotopic (exact) mass is 358 g/mol. The van der Waals surface area contributed by atoms with Gasteiger partial charge in [0.15, 0.2) is 0 Å². The zero-order valence-corrected chi connectivity index (χ0v) is 14.3. The Balaban J connectivity index is 1.82. The van der Waals surface area contributed by atoms with E-state index < -0.39 is 0 Å². The van der Waals surface area contributed by atoms with E-state index in [0.717, 1.165) is 29.1 Å². The Morgan fingerprint density at radius 2 is 2.04 bits per heavy atom. The van der Waals surface area contributed by atoms with Crippen molar-refractivity contribution >= 4 is 11.6 Å². The summed E-state index contributed by atoms with van der Waals surface area (Å²) < 4.78 is 26.6.